The van der Waals surface area contributed by atoms with Gasteiger partial charge in [0.25, 0.3) is 0 Å². The molecule has 0 radical (unpaired) electrons. The fourth-order valence-electron chi connectivity index (χ4n) is 1.73. The van der Waals surface area contributed by atoms with Gasteiger partial charge in [0.15, 0.2) is 0 Å². The van der Waals surface area contributed by atoms with E-state index in [0.29, 0.717) is 0 Å². The van der Waals surface area contributed by atoms with Crippen LogP contribution in [-0.2, 0) is 4.74 Å². The van der Waals surface area contributed by atoms with Crippen LogP contribution in [0.5, 0.6) is 0 Å². The van der Waals surface area contributed by atoms with Crippen LogP contribution in [0, 0.1) is 0 Å². The number of rotatable bonds is 2. The first-order chi connectivity index (χ1) is 8.17. The Morgan fingerprint density at radius 1 is 1.65 bits per heavy atom. The van der Waals surface area contributed by atoms with E-state index in [1.165, 1.54) is 12.3 Å². The molecule has 2 rings (SSSR count). The molecule has 3 atom stereocenters. The van der Waals surface area contributed by atoms with Crippen molar-refractivity contribution in [1.82, 2.24) is 9.97 Å². The zero-order valence-electron chi connectivity index (χ0n) is 8.71. The van der Waals surface area contributed by atoms with Crippen molar-refractivity contribution in [2.75, 3.05) is 6.61 Å². The van der Waals surface area contributed by atoms with Crippen LogP contribution in [0.3, 0.4) is 0 Å². The highest BCUT2D eigenvalue weighted by molar-refractivity contribution is 5.25. The standard InChI is InChI=1S/C10H11FN2O4/c11-3-5-8(15)7(4-14)17-9(5)6-1-2-12-10(16)13-6/h1-3,7-9,14-15H,4H2,(H,12,13,16)/t7-,8+,9+/m1/s1. The molecular formula is C10H11FN2O4. The molecule has 0 spiro atoms. The predicted octanol–water partition coefficient (Wildman–Crippen LogP) is -0.584. The summed E-state index contributed by atoms with van der Waals surface area (Å²) in [6, 6.07) is 1.45. The second-order valence-corrected chi connectivity index (χ2v) is 3.61. The lowest BCUT2D eigenvalue weighted by Crippen LogP contribution is -2.25. The molecule has 92 valence electrons. The first kappa shape index (κ1) is 11.9. The summed E-state index contributed by atoms with van der Waals surface area (Å²) in [5.41, 5.74) is -0.457. The molecule has 1 aromatic heterocycles. The number of aromatic nitrogens is 2. The molecule has 2 heterocycles. The molecule has 0 aromatic carbocycles. The summed E-state index contributed by atoms with van der Waals surface area (Å²) < 4.78 is 17.9. The Bertz CT molecular complexity index is 487. The number of nitrogens with zero attached hydrogens (tertiary/aromatic N) is 1. The van der Waals surface area contributed by atoms with Gasteiger partial charge in [0.1, 0.15) is 18.3 Å². The zero-order chi connectivity index (χ0) is 12.4. The molecule has 1 fully saturated rings. The van der Waals surface area contributed by atoms with Gasteiger partial charge < -0.3 is 19.9 Å². The van der Waals surface area contributed by atoms with Gasteiger partial charge in [-0.05, 0) is 6.07 Å². The van der Waals surface area contributed by atoms with Gasteiger partial charge in [-0.3, -0.25) is 0 Å². The first-order valence-electron chi connectivity index (χ1n) is 4.97. The molecule has 1 aliphatic rings. The largest absolute Gasteiger partial charge is 0.394 e. The molecule has 6 nitrogen and oxygen atoms in total. The summed E-state index contributed by atoms with van der Waals surface area (Å²) >= 11 is 0. The lowest BCUT2D eigenvalue weighted by Gasteiger charge is -2.10. The molecule has 0 saturated carbocycles. The number of nitrogens with one attached hydrogen (secondary N) is 1. The third-order valence-corrected chi connectivity index (χ3v) is 2.57. The highest BCUT2D eigenvalue weighted by Gasteiger charge is 2.40. The lowest BCUT2D eigenvalue weighted by molar-refractivity contribution is -0.0236. The number of hydrogen-bond acceptors (Lipinski definition) is 5. The Morgan fingerprint density at radius 3 is 3.00 bits per heavy atom. The van der Waals surface area contributed by atoms with Crippen molar-refractivity contribution in [1.29, 1.82) is 0 Å². The molecule has 0 bridgehead atoms. The summed E-state index contributed by atoms with van der Waals surface area (Å²) in [5.74, 6) is 0. The van der Waals surface area contributed by atoms with E-state index in [4.69, 9.17) is 9.84 Å². The molecule has 0 amide bonds. The van der Waals surface area contributed by atoms with E-state index in [0.717, 1.165) is 0 Å². The van der Waals surface area contributed by atoms with Crippen LogP contribution in [-0.4, -0.2) is 39.0 Å². The maximum absolute atomic E-state index is 12.7. The average Bonchev–Trinajstić information content (AvgIpc) is 2.65. The van der Waals surface area contributed by atoms with Crippen molar-refractivity contribution < 1.29 is 19.3 Å². The second-order valence-electron chi connectivity index (χ2n) is 3.61. The molecular weight excluding hydrogens is 231 g/mol. The van der Waals surface area contributed by atoms with Crippen LogP contribution < -0.4 is 5.69 Å². The Labute approximate surface area is 95.4 Å². The van der Waals surface area contributed by atoms with Crippen LogP contribution in [0.2, 0.25) is 0 Å². The summed E-state index contributed by atoms with van der Waals surface area (Å²) in [6.45, 7) is -0.446. The number of H-pyrrole nitrogens is 1. The summed E-state index contributed by atoms with van der Waals surface area (Å²) in [6.07, 6.45) is -1.54. The van der Waals surface area contributed by atoms with Crippen molar-refractivity contribution in [3.8, 4) is 0 Å². The maximum atomic E-state index is 12.7. The molecule has 3 N–H and O–H groups in total. The van der Waals surface area contributed by atoms with E-state index in [9.17, 15) is 14.3 Å². The molecule has 1 saturated heterocycles. The number of halogens is 1. The fraction of sp³-hybridized carbons (Fsp3) is 0.400. The minimum Gasteiger partial charge on any atom is -0.394 e. The topological polar surface area (TPSA) is 95.4 Å². The van der Waals surface area contributed by atoms with Gasteiger partial charge in [-0.1, -0.05) is 0 Å². The number of hydrogen-bond donors (Lipinski definition) is 3. The third kappa shape index (κ3) is 2.12. The van der Waals surface area contributed by atoms with Crippen LogP contribution in [0.15, 0.2) is 29.0 Å². The monoisotopic (exact) mass is 242 g/mol. The highest BCUT2D eigenvalue weighted by atomic mass is 19.1. The number of ether oxygens (including phenoxy) is 1. The summed E-state index contributed by atoms with van der Waals surface area (Å²) in [7, 11) is 0. The normalized spacial score (nSPS) is 31.0. The Hall–Kier alpha value is -1.57. The first-order valence-corrected chi connectivity index (χ1v) is 4.97. The SMILES string of the molecule is O=c1nc([C@H]2O[C@H](CO)[C@@H](O)C2=CF)cc[nH]1. The van der Waals surface area contributed by atoms with Crippen LogP contribution in [0.1, 0.15) is 11.8 Å². The Morgan fingerprint density at radius 2 is 2.41 bits per heavy atom. The molecule has 1 aliphatic heterocycles. The Kier molecular flexibility index (Phi) is 3.32. The van der Waals surface area contributed by atoms with Gasteiger partial charge in [-0.15, -0.1) is 0 Å². The van der Waals surface area contributed by atoms with Crippen molar-refractivity contribution in [2.24, 2.45) is 0 Å². The predicted molar refractivity (Wildman–Crippen MR) is 54.8 cm³/mol. The van der Waals surface area contributed by atoms with Crippen molar-refractivity contribution in [2.45, 2.75) is 18.3 Å². The molecule has 0 unspecified atom stereocenters. The van der Waals surface area contributed by atoms with Crippen LogP contribution >= 0.6 is 0 Å². The van der Waals surface area contributed by atoms with Gasteiger partial charge in [-0.2, -0.15) is 4.98 Å². The van der Waals surface area contributed by atoms with Gasteiger partial charge in [0.2, 0.25) is 0 Å². The van der Waals surface area contributed by atoms with Crippen molar-refractivity contribution in [3.05, 3.63) is 40.3 Å². The smallest absolute Gasteiger partial charge is 0.345 e. The minimum atomic E-state index is -1.24. The molecule has 7 heteroatoms. The number of aliphatic hydroxyl groups excluding tert-OH is 2. The van der Waals surface area contributed by atoms with E-state index in [1.807, 2.05) is 0 Å². The minimum absolute atomic E-state index is 0.0536. The average molecular weight is 242 g/mol. The second kappa shape index (κ2) is 4.74. The van der Waals surface area contributed by atoms with E-state index in [-0.39, 0.29) is 17.6 Å². The van der Waals surface area contributed by atoms with E-state index in [2.05, 4.69) is 9.97 Å². The molecule has 0 aliphatic carbocycles. The summed E-state index contributed by atoms with van der Waals surface area (Å²) in [4.78, 5) is 17.0. The van der Waals surface area contributed by atoms with Crippen molar-refractivity contribution in [3.63, 3.8) is 0 Å². The van der Waals surface area contributed by atoms with Gasteiger partial charge in [0.05, 0.1) is 18.6 Å². The quantitative estimate of drug-likeness (QED) is 0.644. The van der Waals surface area contributed by atoms with Crippen LogP contribution in [0.4, 0.5) is 4.39 Å². The van der Waals surface area contributed by atoms with Gasteiger partial charge in [-0.25, -0.2) is 9.18 Å². The van der Waals surface area contributed by atoms with E-state index in [1.54, 1.807) is 0 Å². The molecule has 17 heavy (non-hydrogen) atoms. The Balaban J connectivity index is 2.36. The highest BCUT2D eigenvalue weighted by Crippen LogP contribution is 2.36. The number of aliphatic hydroxyl groups is 2. The maximum Gasteiger partial charge on any atom is 0.345 e. The van der Waals surface area contributed by atoms with Crippen molar-refractivity contribution >= 4 is 0 Å². The van der Waals surface area contributed by atoms with E-state index >= 15 is 0 Å². The van der Waals surface area contributed by atoms with E-state index < -0.39 is 30.6 Å². The fourth-order valence-corrected chi connectivity index (χ4v) is 1.73. The molecule has 1 aromatic rings. The number of aromatic amines is 1. The van der Waals surface area contributed by atoms with Gasteiger partial charge >= 0.3 is 5.69 Å². The zero-order valence-corrected chi connectivity index (χ0v) is 8.71. The van der Waals surface area contributed by atoms with Crippen LogP contribution in [0.25, 0.3) is 0 Å². The third-order valence-electron chi connectivity index (χ3n) is 2.57. The van der Waals surface area contributed by atoms with Gasteiger partial charge in [0, 0.05) is 11.8 Å². The summed E-state index contributed by atoms with van der Waals surface area (Å²) in [5, 5.41) is 18.6. The lowest BCUT2D eigenvalue weighted by atomic mass is 10.0.